The Labute approximate surface area is 213 Å². The molecule has 4 aromatic rings. The number of aromatic nitrogens is 2. The molecule has 0 atom stereocenters. The van der Waals surface area contributed by atoms with E-state index in [0.717, 1.165) is 15.9 Å². The number of aryl methyl sites for hydroxylation is 1. The maximum Gasteiger partial charge on any atom is 0.337 e. The molecule has 0 spiro atoms. The highest BCUT2D eigenvalue weighted by Gasteiger charge is 2.25. The number of carbonyl (C=O) groups excluding carboxylic acids is 2. The molecule has 0 bridgehead atoms. The Morgan fingerprint density at radius 2 is 1.89 bits per heavy atom. The highest BCUT2D eigenvalue weighted by Crippen LogP contribution is 2.29. The van der Waals surface area contributed by atoms with Crippen LogP contribution in [-0.4, -0.2) is 39.9 Å². The van der Waals surface area contributed by atoms with Gasteiger partial charge in [-0.15, -0.1) is 11.3 Å². The molecule has 0 radical (unpaired) electrons. The Hall–Kier alpha value is -3.34. The van der Waals surface area contributed by atoms with Gasteiger partial charge < -0.3 is 14.6 Å². The minimum atomic E-state index is -0.751. The van der Waals surface area contributed by atoms with Crippen LogP contribution in [0.15, 0.2) is 50.6 Å². The highest BCUT2D eigenvalue weighted by atomic mass is 35.5. The Bertz CT molecular complexity index is 1570. The molecule has 0 aliphatic rings. The molecular formula is C23H20Cl2N4O5S. The summed E-state index contributed by atoms with van der Waals surface area (Å²) >= 11 is 13.1. The zero-order chi connectivity index (χ0) is 25.4. The van der Waals surface area contributed by atoms with Crippen LogP contribution in [-0.2, 0) is 17.9 Å². The first kappa shape index (κ1) is 24.8. The number of halogens is 2. The lowest BCUT2D eigenvalue weighted by atomic mass is 10.2. The third-order valence-electron chi connectivity index (χ3n) is 5.32. The molecule has 12 heteroatoms. The van der Waals surface area contributed by atoms with E-state index in [2.05, 4.69) is 5.32 Å². The van der Waals surface area contributed by atoms with E-state index < -0.39 is 17.2 Å². The average Bonchev–Trinajstić information content (AvgIpc) is 3.45. The molecule has 2 amide bonds. The fourth-order valence-electron chi connectivity index (χ4n) is 3.54. The van der Waals surface area contributed by atoms with Gasteiger partial charge in [-0.25, -0.2) is 9.36 Å². The van der Waals surface area contributed by atoms with Gasteiger partial charge in [-0.1, -0.05) is 23.2 Å². The summed E-state index contributed by atoms with van der Waals surface area (Å²) in [6, 6.07) is 7.75. The Kier molecular flexibility index (Phi) is 6.88. The predicted molar refractivity (Wildman–Crippen MR) is 135 cm³/mol. The molecule has 0 unspecified atom stereocenters. The van der Waals surface area contributed by atoms with Gasteiger partial charge in [-0.3, -0.25) is 19.0 Å². The third-order valence-corrected chi connectivity index (χ3v) is 7.36. The van der Waals surface area contributed by atoms with Gasteiger partial charge in [0.15, 0.2) is 0 Å². The number of hydrogen-bond acceptors (Lipinski definition) is 6. The van der Waals surface area contributed by atoms with Crippen LogP contribution in [0.1, 0.15) is 21.0 Å². The van der Waals surface area contributed by atoms with Gasteiger partial charge in [0, 0.05) is 14.1 Å². The van der Waals surface area contributed by atoms with E-state index in [4.69, 9.17) is 27.6 Å². The van der Waals surface area contributed by atoms with Gasteiger partial charge in [0.25, 0.3) is 11.5 Å². The van der Waals surface area contributed by atoms with Gasteiger partial charge in [-0.05, 0) is 42.8 Å². The van der Waals surface area contributed by atoms with Crippen LogP contribution in [0.4, 0.5) is 0 Å². The zero-order valence-corrected chi connectivity index (χ0v) is 21.3. The van der Waals surface area contributed by atoms with Gasteiger partial charge in [0.1, 0.15) is 17.1 Å². The fraction of sp³-hybridized carbons (Fsp3) is 0.217. The largest absolute Gasteiger partial charge is 0.467 e. The van der Waals surface area contributed by atoms with Crippen LogP contribution in [0.25, 0.3) is 15.9 Å². The molecule has 182 valence electrons. The second-order valence-corrected chi connectivity index (χ2v) is 9.71. The number of carbonyl (C=O) groups is 2. The Morgan fingerprint density at radius 3 is 2.51 bits per heavy atom. The van der Waals surface area contributed by atoms with Crippen molar-refractivity contribution in [2.75, 3.05) is 14.1 Å². The number of nitrogens with zero attached hydrogens (tertiary/aromatic N) is 3. The molecule has 4 rings (SSSR count). The lowest BCUT2D eigenvalue weighted by Gasteiger charge is -2.13. The summed E-state index contributed by atoms with van der Waals surface area (Å²) < 4.78 is 7.32. The molecule has 9 nitrogen and oxygen atoms in total. The van der Waals surface area contributed by atoms with Crippen molar-refractivity contribution in [1.82, 2.24) is 19.4 Å². The number of benzene rings is 1. The fourth-order valence-corrected chi connectivity index (χ4v) is 5.15. The van der Waals surface area contributed by atoms with E-state index in [1.54, 1.807) is 33.2 Å². The molecule has 3 aromatic heterocycles. The lowest BCUT2D eigenvalue weighted by molar-refractivity contribution is -0.121. The maximum absolute atomic E-state index is 13.6. The van der Waals surface area contributed by atoms with Crippen molar-refractivity contribution in [2.45, 2.75) is 20.0 Å². The van der Waals surface area contributed by atoms with Crippen LogP contribution in [0.3, 0.4) is 0 Å². The van der Waals surface area contributed by atoms with Crippen molar-refractivity contribution in [3.05, 3.63) is 83.7 Å². The van der Waals surface area contributed by atoms with Gasteiger partial charge in [0.2, 0.25) is 5.91 Å². The van der Waals surface area contributed by atoms with Crippen molar-refractivity contribution < 1.29 is 14.0 Å². The van der Waals surface area contributed by atoms with Crippen molar-refractivity contribution in [1.29, 1.82) is 0 Å². The van der Waals surface area contributed by atoms with Gasteiger partial charge in [-0.2, -0.15) is 0 Å². The van der Waals surface area contributed by atoms with Crippen LogP contribution in [0.5, 0.6) is 0 Å². The van der Waals surface area contributed by atoms with E-state index in [0.29, 0.717) is 16.2 Å². The smallest absolute Gasteiger partial charge is 0.337 e. The molecule has 3 heterocycles. The van der Waals surface area contributed by atoms with E-state index in [9.17, 15) is 19.2 Å². The average molecular weight is 535 g/mol. The van der Waals surface area contributed by atoms with E-state index in [1.165, 1.54) is 33.9 Å². The summed E-state index contributed by atoms with van der Waals surface area (Å²) in [7, 11) is 3.19. The maximum atomic E-state index is 13.6. The Balaban J connectivity index is 1.91. The summed E-state index contributed by atoms with van der Waals surface area (Å²) in [6.07, 6.45) is 1.49. The van der Waals surface area contributed by atoms with E-state index in [-0.39, 0.29) is 44.9 Å². The molecular weight excluding hydrogens is 515 g/mol. The van der Waals surface area contributed by atoms with Crippen LogP contribution >= 0.6 is 34.5 Å². The second kappa shape index (κ2) is 9.73. The number of rotatable bonds is 6. The number of amides is 2. The quantitative estimate of drug-likeness (QED) is 0.407. The minimum absolute atomic E-state index is 0.129. The summed E-state index contributed by atoms with van der Waals surface area (Å²) in [4.78, 5) is 54.5. The standard InChI is InChI=1S/C23H20Cl2N4O5S/c1-12-18-20(31)29(13-6-7-15(24)16(25)9-13)23(33)28(22(18)35-19(12)21(32)27(2)3)11-17(30)26-10-14-5-4-8-34-14/h4-9H,10-11H2,1-3H3,(H,26,30). The van der Waals surface area contributed by atoms with Crippen LogP contribution in [0, 0.1) is 6.92 Å². The molecule has 0 aliphatic carbocycles. The van der Waals surface area contributed by atoms with Crippen molar-refractivity contribution in [2.24, 2.45) is 0 Å². The van der Waals surface area contributed by atoms with Crippen LogP contribution in [0.2, 0.25) is 10.0 Å². The number of hydrogen-bond donors (Lipinski definition) is 1. The summed E-state index contributed by atoms with van der Waals surface area (Å²) in [5, 5.41) is 3.27. The predicted octanol–water partition coefficient (Wildman–Crippen LogP) is 3.44. The normalized spacial score (nSPS) is 11.1. The van der Waals surface area contributed by atoms with Crippen molar-refractivity contribution in [3.8, 4) is 5.69 Å². The third kappa shape index (κ3) is 4.64. The van der Waals surface area contributed by atoms with Crippen LogP contribution < -0.4 is 16.6 Å². The summed E-state index contributed by atoms with van der Waals surface area (Å²) in [6.45, 7) is 1.39. The first-order chi connectivity index (χ1) is 16.6. The van der Waals surface area contributed by atoms with Gasteiger partial charge >= 0.3 is 5.69 Å². The summed E-state index contributed by atoms with van der Waals surface area (Å²) in [5.74, 6) is -0.247. The molecule has 35 heavy (non-hydrogen) atoms. The topological polar surface area (TPSA) is 107 Å². The number of fused-ring (bicyclic) bond motifs is 1. The van der Waals surface area contributed by atoms with E-state index >= 15 is 0 Å². The summed E-state index contributed by atoms with van der Waals surface area (Å²) in [5.41, 5.74) is -0.763. The zero-order valence-electron chi connectivity index (χ0n) is 18.9. The van der Waals surface area contributed by atoms with Crippen molar-refractivity contribution >= 4 is 56.6 Å². The molecule has 0 aliphatic heterocycles. The second-order valence-electron chi connectivity index (χ2n) is 7.90. The molecule has 0 saturated heterocycles. The number of nitrogens with one attached hydrogen (secondary N) is 1. The molecule has 1 aromatic carbocycles. The number of thiophene rings is 1. The molecule has 0 saturated carbocycles. The lowest BCUT2D eigenvalue weighted by Crippen LogP contribution is -2.41. The SMILES string of the molecule is Cc1c(C(=O)N(C)C)sc2c1c(=O)n(-c1ccc(Cl)c(Cl)c1)c(=O)n2CC(=O)NCc1ccco1. The first-order valence-corrected chi connectivity index (χ1v) is 11.9. The van der Waals surface area contributed by atoms with Gasteiger partial charge in [0.05, 0.1) is 38.8 Å². The first-order valence-electron chi connectivity index (χ1n) is 10.3. The number of furan rings is 1. The highest BCUT2D eigenvalue weighted by molar-refractivity contribution is 7.20. The molecule has 1 N–H and O–H groups in total. The molecule has 0 fully saturated rings. The van der Waals surface area contributed by atoms with Crippen molar-refractivity contribution in [3.63, 3.8) is 0 Å². The van der Waals surface area contributed by atoms with E-state index in [1.807, 2.05) is 0 Å². The minimum Gasteiger partial charge on any atom is -0.467 e. The monoisotopic (exact) mass is 534 g/mol. The Morgan fingerprint density at radius 1 is 1.14 bits per heavy atom.